The third-order valence-electron chi connectivity index (χ3n) is 6.49. The Kier molecular flexibility index (Phi) is 8.11. The molecule has 1 unspecified atom stereocenters. The fourth-order valence-corrected chi connectivity index (χ4v) is 4.60. The Balaban J connectivity index is 1.76. The van der Waals surface area contributed by atoms with E-state index in [2.05, 4.69) is 21.4 Å². The number of nitriles is 1. The highest BCUT2D eigenvalue weighted by molar-refractivity contribution is 5.95. The van der Waals surface area contributed by atoms with E-state index in [1.165, 1.54) is 17.2 Å². The summed E-state index contributed by atoms with van der Waals surface area (Å²) in [7, 11) is 0. The van der Waals surface area contributed by atoms with E-state index in [1.807, 2.05) is 0 Å². The lowest BCUT2D eigenvalue weighted by molar-refractivity contribution is -0.137. The van der Waals surface area contributed by atoms with E-state index in [9.17, 15) is 28.3 Å². The molecule has 1 aromatic heterocycles. The summed E-state index contributed by atoms with van der Waals surface area (Å²) in [4.78, 5) is 23.1. The fraction of sp³-hybridized carbons (Fsp3) is 0.400. The van der Waals surface area contributed by atoms with Gasteiger partial charge in [0.2, 0.25) is 5.95 Å². The van der Waals surface area contributed by atoms with Crippen molar-refractivity contribution in [2.24, 2.45) is 0 Å². The number of nitrogens with zero attached hydrogens (tertiary/aromatic N) is 4. The van der Waals surface area contributed by atoms with Crippen molar-refractivity contribution >= 4 is 23.4 Å². The monoisotopic (exact) mass is 583 g/mol. The molecule has 0 saturated heterocycles. The van der Waals surface area contributed by atoms with Crippen molar-refractivity contribution < 1.29 is 32.5 Å². The Hall–Kier alpha value is -4.37. The number of carbonyl (C=O) groups is 1. The van der Waals surface area contributed by atoms with Crippen LogP contribution in [-0.2, 0) is 16.3 Å². The topological polar surface area (TPSA) is 121 Å². The van der Waals surface area contributed by atoms with Crippen LogP contribution in [0.3, 0.4) is 0 Å². The molecule has 0 aliphatic carbocycles. The van der Waals surface area contributed by atoms with Gasteiger partial charge in [0.05, 0.1) is 40.9 Å². The maximum Gasteiger partial charge on any atom is 0.416 e. The van der Waals surface area contributed by atoms with Gasteiger partial charge in [0.1, 0.15) is 17.4 Å². The number of aliphatic hydroxyl groups excluding tert-OH is 1. The fourth-order valence-electron chi connectivity index (χ4n) is 4.60. The Labute approximate surface area is 241 Å². The number of halogens is 3. The number of hydrogen-bond acceptors (Lipinski definition) is 8. The molecule has 1 aliphatic heterocycles. The molecule has 2 aromatic carbocycles. The van der Waals surface area contributed by atoms with Crippen molar-refractivity contribution in [2.75, 3.05) is 23.4 Å². The lowest BCUT2D eigenvalue weighted by Crippen LogP contribution is -2.40. The first kappa shape index (κ1) is 30.6. The van der Waals surface area contributed by atoms with E-state index in [-0.39, 0.29) is 42.2 Å². The molecule has 4 rings (SSSR count). The molecular weight excluding hydrogens is 551 g/mol. The molecule has 12 heteroatoms. The van der Waals surface area contributed by atoms with Crippen LogP contribution in [0.4, 0.5) is 35.3 Å². The summed E-state index contributed by atoms with van der Waals surface area (Å²) < 4.78 is 51.6. The van der Waals surface area contributed by atoms with Crippen LogP contribution in [0.25, 0.3) is 11.3 Å². The van der Waals surface area contributed by atoms with Gasteiger partial charge in [-0.25, -0.2) is 14.8 Å². The van der Waals surface area contributed by atoms with Gasteiger partial charge in [0.25, 0.3) is 0 Å². The smallest absolute Gasteiger partial charge is 0.416 e. The Morgan fingerprint density at radius 1 is 1.21 bits per heavy atom. The van der Waals surface area contributed by atoms with Crippen molar-refractivity contribution in [3.05, 3.63) is 59.3 Å². The van der Waals surface area contributed by atoms with E-state index < -0.39 is 28.8 Å². The molecule has 3 aromatic rings. The van der Waals surface area contributed by atoms with Crippen molar-refractivity contribution in [1.82, 2.24) is 9.97 Å². The van der Waals surface area contributed by atoms with Crippen molar-refractivity contribution in [2.45, 2.75) is 64.8 Å². The first-order valence-electron chi connectivity index (χ1n) is 13.2. The summed E-state index contributed by atoms with van der Waals surface area (Å²) in [6.45, 7) is 10.3. The number of alkyl halides is 3. The number of amides is 1. The maximum absolute atomic E-state index is 13.4. The summed E-state index contributed by atoms with van der Waals surface area (Å²) in [6.07, 6.45) is -4.08. The van der Waals surface area contributed by atoms with Gasteiger partial charge in [-0.05, 0) is 76.6 Å². The molecule has 0 radical (unpaired) electrons. The predicted octanol–water partition coefficient (Wildman–Crippen LogP) is 6.57. The van der Waals surface area contributed by atoms with Gasteiger partial charge in [-0.15, -0.1) is 0 Å². The molecule has 0 saturated carbocycles. The van der Waals surface area contributed by atoms with Crippen molar-refractivity contribution in [3.63, 3.8) is 0 Å². The highest BCUT2D eigenvalue weighted by atomic mass is 19.4. The molecule has 222 valence electrons. The number of carbonyl (C=O) groups excluding carboxylic acids is 1. The highest BCUT2D eigenvalue weighted by Crippen LogP contribution is 2.45. The summed E-state index contributed by atoms with van der Waals surface area (Å²) >= 11 is 0. The maximum atomic E-state index is 13.4. The highest BCUT2D eigenvalue weighted by Gasteiger charge is 2.44. The Morgan fingerprint density at radius 2 is 1.93 bits per heavy atom. The molecule has 1 amide bonds. The van der Waals surface area contributed by atoms with Gasteiger partial charge in [-0.1, -0.05) is 6.92 Å². The minimum Gasteiger partial charge on any atom is -0.489 e. The average molecular weight is 584 g/mol. The minimum atomic E-state index is -4.57. The first-order valence-corrected chi connectivity index (χ1v) is 13.2. The van der Waals surface area contributed by atoms with Crippen LogP contribution in [0.1, 0.15) is 58.2 Å². The van der Waals surface area contributed by atoms with Crippen LogP contribution in [0.5, 0.6) is 5.75 Å². The van der Waals surface area contributed by atoms with Crippen LogP contribution in [-0.4, -0.2) is 46.0 Å². The SMILES string of the molecule is CC(C)Oc1ccc(C(F)(F)F)cc1Nc1nccc(-c2cc(C#N)c3c(c2)C(C)(CO)CN3C(=O)OC(C)(C)C)n1. The summed E-state index contributed by atoms with van der Waals surface area (Å²) in [6, 6.07) is 10.1. The van der Waals surface area contributed by atoms with Gasteiger partial charge in [-0.2, -0.15) is 18.4 Å². The molecule has 1 atom stereocenters. The molecule has 0 fully saturated rings. The molecule has 42 heavy (non-hydrogen) atoms. The minimum absolute atomic E-state index is 0.000242. The quantitative estimate of drug-likeness (QED) is 0.334. The second-order valence-corrected chi connectivity index (χ2v) is 11.6. The molecule has 0 bridgehead atoms. The van der Waals surface area contributed by atoms with E-state index >= 15 is 0 Å². The number of nitrogens with one attached hydrogen (secondary N) is 1. The van der Waals surface area contributed by atoms with Gasteiger partial charge in [0.15, 0.2) is 0 Å². The number of aliphatic hydroxyl groups is 1. The van der Waals surface area contributed by atoms with Crippen LogP contribution in [0.15, 0.2) is 42.6 Å². The van der Waals surface area contributed by atoms with Crippen molar-refractivity contribution in [3.8, 4) is 23.1 Å². The summed E-state index contributed by atoms with van der Waals surface area (Å²) in [5.74, 6) is 0.192. The standard InChI is InChI=1S/C30H32F3N5O4/c1-17(2)41-24-8-7-20(30(31,32)33)13-23(24)37-26-35-10-9-22(36-26)18-11-19(14-34)25-21(12-18)29(6,16-39)15-38(25)27(40)42-28(3,4)5/h7-13,17,39H,15-16H2,1-6H3,(H,35,36,37). The molecular formula is C30H32F3N5O4. The molecule has 2 heterocycles. The molecule has 2 N–H and O–H groups in total. The number of benzene rings is 2. The number of fused-ring (bicyclic) bond motifs is 1. The van der Waals surface area contributed by atoms with Crippen LogP contribution in [0.2, 0.25) is 0 Å². The van der Waals surface area contributed by atoms with E-state index in [4.69, 9.17) is 9.47 Å². The third kappa shape index (κ3) is 6.41. The second kappa shape index (κ2) is 11.1. The zero-order chi connectivity index (χ0) is 31.0. The second-order valence-electron chi connectivity index (χ2n) is 11.6. The van der Waals surface area contributed by atoms with Crippen molar-refractivity contribution in [1.29, 1.82) is 5.26 Å². The van der Waals surface area contributed by atoms with Gasteiger partial charge in [-0.3, -0.25) is 4.90 Å². The number of rotatable bonds is 6. The lowest BCUT2D eigenvalue weighted by Gasteiger charge is -2.26. The summed E-state index contributed by atoms with van der Waals surface area (Å²) in [5, 5.41) is 23.2. The lowest BCUT2D eigenvalue weighted by atomic mass is 9.83. The van der Waals surface area contributed by atoms with Gasteiger partial charge >= 0.3 is 12.3 Å². The van der Waals surface area contributed by atoms with E-state index in [0.717, 1.165) is 12.1 Å². The number of anilines is 3. The third-order valence-corrected chi connectivity index (χ3v) is 6.49. The first-order chi connectivity index (χ1) is 19.5. The Bertz CT molecular complexity index is 1550. The zero-order valence-electron chi connectivity index (χ0n) is 24.1. The van der Waals surface area contributed by atoms with Gasteiger partial charge < -0.3 is 19.9 Å². The van der Waals surface area contributed by atoms with Crippen LogP contribution in [0, 0.1) is 11.3 Å². The van der Waals surface area contributed by atoms with E-state index in [1.54, 1.807) is 59.7 Å². The number of ether oxygens (including phenoxy) is 2. The molecule has 9 nitrogen and oxygen atoms in total. The number of hydrogen-bond donors (Lipinski definition) is 2. The molecule has 1 aliphatic rings. The van der Waals surface area contributed by atoms with Gasteiger partial charge in [0, 0.05) is 23.7 Å². The normalized spacial score (nSPS) is 16.7. The molecule has 0 spiro atoms. The Morgan fingerprint density at radius 3 is 2.52 bits per heavy atom. The average Bonchev–Trinajstić information content (AvgIpc) is 3.21. The number of aromatic nitrogens is 2. The van der Waals surface area contributed by atoms with Crippen LogP contribution < -0.4 is 15.0 Å². The summed E-state index contributed by atoms with van der Waals surface area (Å²) in [5.41, 5.74) is -0.581. The van der Waals surface area contributed by atoms with Crippen LogP contribution >= 0.6 is 0 Å². The predicted molar refractivity (Wildman–Crippen MR) is 151 cm³/mol. The largest absolute Gasteiger partial charge is 0.489 e. The van der Waals surface area contributed by atoms with E-state index in [0.29, 0.717) is 22.5 Å². The zero-order valence-corrected chi connectivity index (χ0v) is 24.1.